The lowest BCUT2D eigenvalue weighted by Crippen LogP contribution is -2.02. The van der Waals surface area contributed by atoms with Crippen LogP contribution in [-0.2, 0) is 6.54 Å². The van der Waals surface area contributed by atoms with Gasteiger partial charge in [0.2, 0.25) is 0 Å². The Labute approximate surface area is 153 Å². The van der Waals surface area contributed by atoms with Crippen LogP contribution in [0.25, 0.3) is 22.4 Å². The van der Waals surface area contributed by atoms with Gasteiger partial charge in [-0.25, -0.2) is 4.98 Å². The zero-order chi connectivity index (χ0) is 16.5. The van der Waals surface area contributed by atoms with Crippen molar-refractivity contribution in [1.82, 2.24) is 9.55 Å². The number of rotatable bonds is 3. The third-order valence-electron chi connectivity index (χ3n) is 3.99. The van der Waals surface area contributed by atoms with Crippen LogP contribution >= 0.6 is 27.5 Å². The molecule has 4 rings (SSSR count). The Bertz CT molecular complexity index is 1010. The predicted octanol–water partition coefficient (Wildman–Crippen LogP) is 6.17. The molecule has 0 aliphatic heterocycles. The molecule has 0 unspecified atom stereocenters. The van der Waals surface area contributed by atoms with Gasteiger partial charge >= 0.3 is 0 Å². The smallest absolute Gasteiger partial charge is 0.141 e. The quantitative estimate of drug-likeness (QED) is 0.404. The van der Waals surface area contributed by atoms with Crippen molar-refractivity contribution in [3.8, 4) is 11.4 Å². The molecule has 1 heterocycles. The number of benzene rings is 3. The van der Waals surface area contributed by atoms with Gasteiger partial charge in [-0.3, -0.25) is 0 Å². The normalized spacial score (nSPS) is 11.1. The zero-order valence-electron chi connectivity index (χ0n) is 12.8. The lowest BCUT2D eigenvalue weighted by molar-refractivity contribution is 0.834. The molecule has 3 aromatic carbocycles. The van der Waals surface area contributed by atoms with Gasteiger partial charge in [0.25, 0.3) is 0 Å². The van der Waals surface area contributed by atoms with Gasteiger partial charge < -0.3 is 4.57 Å². The highest BCUT2D eigenvalue weighted by atomic mass is 79.9. The van der Waals surface area contributed by atoms with E-state index in [1.165, 1.54) is 5.56 Å². The summed E-state index contributed by atoms with van der Waals surface area (Å²) in [7, 11) is 0. The van der Waals surface area contributed by atoms with Gasteiger partial charge in [-0.15, -0.1) is 0 Å². The number of hydrogen-bond donors (Lipinski definition) is 0. The first-order valence-electron chi connectivity index (χ1n) is 7.66. The van der Waals surface area contributed by atoms with Gasteiger partial charge in [-0.2, -0.15) is 0 Å². The maximum Gasteiger partial charge on any atom is 0.141 e. The molecule has 0 bridgehead atoms. The highest BCUT2D eigenvalue weighted by Crippen LogP contribution is 2.28. The number of hydrogen-bond acceptors (Lipinski definition) is 1. The Kier molecular flexibility index (Phi) is 4.13. The molecule has 24 heavy (non-hydrogen) atoms. The van der Waals surface area contributed by atoms with Crippen molar-refractivity contribution in [2.24, 2.45) is 0 Å². The summed E-state index contributed by atoms with van der Waals surface area (Å²) in [6.45, 7) is 0.750. The van der Waals surface area contributed by atoms with E-state index in [2.05, 4.69) is 56.9 Å². The van der Waals surface area contributed by atoms with Crippen molar-refractivity contribution in [2.45, 2.75) is 6.54 Å². The third-order valence-corrected chi connectivity index (χ3v) is 4.74. The van der Waals surface area contributed by atoms with Crippen LogP contribution in [0, 0.1) is 0 Å². The second-order valence-electron chi connectivity index (χ2n) is 5.65. The molecule has 0 saturated carbocycles. The van der Waals surface area contributed by atoms with E-state index in [0.29, 0.717) is 0 Å². The van der Waals surface area contributed by atoms with Crippen LogP contribution in [0.3, 0.4) is 0 Å². The van der Waals surface area contributed by atoms with Crippen molar-refractivity contribution in [3.63, 3.8) is 0 Å². The largest absolute Gasteiger partial charge is 0.319 e. The number of imidazole rings is 1. The molecule has 0 aliphatic rings. The summed E-state index contributed by atoms with van der Waals surface area (Å²) in [6, 6.07) is 24.4. The monoisotopic (exact) mass is 396 g/mol. The summed E-state index contributed by atoms with van der Waals surface area (Å²) in [5.41, 5.74) is 4.41. The minimum atomic E-state index is 0.750. The van der Waals surface area contributed by atoms with Crippen LogP contribution in [0.1, 0.15) is 5.56 Å². The van der Waals surface area contributed by atoms with Crippen molar-refractivity contribution < 1.29 is 0 Å². The highest BCUT2D eigenvalue weighted by molar-refractivity contribution is 9.10. The minimum Gasteiger partial charge on any atom is -0.319 e. The molecular weight excluding hydrogens is 384 g/mol. The topological polar surface area (TPSA) is 17.8 Å². The summed E-state index contributed by atoms with van der Waals surface area (Å²) in [6.07, 6.45) is 0. The molecule has 0 aliphatic carbocycles. The molecule has 1 aromatic heterocycles. The van der Waals surface area contributed by atoms with Crippen LogP contribution < -0.4 is 0 Å². The Morgan fingerprint density at radius 3 is 2.50 bits per heavy atom. The van der Waals surface area contributed by atoms with Gasteiger partial charge in [0, 0.05) is 21.6 Å². The molecule has 4 heteroatoms. The zero-order valence-corrected chi connectivity index (χ0v) is 15.1. The second kappa shape index (κ2) is 6.42. The standard InChI is InChI=1S/C20H14BrClN2/c21-16-5-3-4-15(12-16)20-23-18-6-1-2-7-19(18)24(20)13-14-8-10-17(22)11-9-14/h1-12H,13H2. The molecular formula is C20H14BrClN2. The first kappa shape index (κ1) is 15.4. The van der Waals surface area contributed by atoms with E-state index >= 15 is 0 Å². The van der Waals surface area contributed by atoms with Crippen LogP contribution in [0.15, 0.2) is 77.3 Å². The van der Waals surface area contributed by atoms with E-state index < -0.39 is 0 Å². The molecule has 0 N–H and O–H groups in total. The van der Waals surface area contributed by atoms with Crippen molar-refractivity contribution in [2.75, 3.05) is 0 Å². The molecule has 0 saturated heterocycles. The molecule has 118 valence electrons. The Balaban J connectivity index is 1.88. The Morgan fingerprint density at radius 1 is 0.917 bits per heavy atom. The van der Waals surface area contributed by atoms with E-state index in [-0.39, 0.29) is 0 Å². The molecule has 0 spiro atoms. The van der Waals surface area contributed by atoms with Gasteiger partial charge in [0.1, 0.15) is 5.82 Å². The van der Waals surface area contributed by atoms with E-state index in [1.807, 2.05) is 36.4 Å². The molecule has 0 fully saturated rings. The molecule has 4 aromatic rings. The fraction of sp³-hybridized carbons (Fsp3) is 0.0500. The lowest BCUT2D eigenvalue weighted by Gasteiger charge is -2.10. The van der Waals surface area contributed by atoms with Gasteiger partial charge in [0.05, 0.1) is 11.0 Å². The number of aromatic nitrogens is 2. The predicted molar refractivity (Wildman–Crippen MR) is 103 cm³/mol. The summed E-state index contributed by atoms with van der Waals surface area (Å²) in [5, 5.41) is 0.751. The number of nitrogens with zero attached hydrogens (tertiary/aromatic N) is 2. The van der Waals surface area contributed by atoms with E-state index in [4.69, 9.17) is 16.6 Å². The van der Waals surface area contributed by atoms with Gasteiger partial charge in [-0.1, -0.05) is 63.9 Å². The van der Waals surface area contributed by atoms with Gasteiger partial charge in [-0.05, 0) is 42.0 Å². The Hall–Kier alpha value is -2.10. The number of fused-ring (bicyclic) bond motifs is 1. The van der Waals surface area contributed by atoms with Gasteiger partial charge in [0.15, 0.2) is 0 Å². The average Bonchev–Trinajstić information content (AvgIpc) is 2.96. The van der Waals surface area contributed by atoms with Crippen molar-refractivity contribution in [1.29, 1.82) is 0 Å². The molecule has 0 radical (unpaired) electrons. The number of para-hydroxylation sites is 2. The van der Waals surface area contributed by atoms with Crippen LogP contribution in [-0.4, -0.2) is 9.55 Å². The van der Waals surface area contributed by atoms with Crippen molar-refractivity contribution in [3.05, 3.63) is 87.9 Å². The second-order valence-corrected chi connectivity index (χ2v) is 7.00. The maximum absolute atomic E-state index is 6.01. The fourth-order valence-corrected chi connectivity index (χ4v) is 3.38. The summed E-state index contributed by atoms with van der Waals surface area (Å²) < 4.78 is 3.30. The fourth-order valence-electron chi connectivity index (χ4n) is 2.86. The summed E-state index contributed by atoms with van der Waals surface area (Å²) in [4.78, 5) is 4.85. The van der Waals surface area contributed by atoms with Crippen LogP contribution in [0.2, 0.25) is 5.02 Å². The first-order valence-corrected chi connectivity index (χ1v) is 8.83. The lowest BCUT2D eigenvalue weighted by atomic mass is 10.2. The van der Waals surface area contributed by atoms with E-state index in [9.17, 15) is 0 Å². The molecule has 0 amide bonds. The average molecular weight is 398 g/mol. The Morgan fingerprint density at radius 2 is 1.71 bits per heavy atom. The highest BCUT2D eigenvalue weighted by Gasteiger charge is 2.13. The SMILES string of the molecule is Clc1ccc(Cn2c(-c3cccc(Br)c3)nc3ccccc32)cc1. The summed E-state index contributed by atoms with van der Waals surface area (Å²) >= 11 is 9.56. The van der Waals surface area contributed by atoms with E-state index in [1.54, 1.807) is 0 Å². The maximum atomic E-state index is 6.01. The van der Waals surface area contributed by atoms with E-state index in [0.717, 1.165) is 38.5 Å². The van der Waals surface area contributed by atoms with Crippen molar-refractivity contribution >= 4 is 38.6 Å². The molecule has 2 nitrogen and oxygen atoms in total. The minimum absolute atomic E-state index is 0.750. The van der Waals surface area contributed by atoms with Crippen LogP contribution in [0.4, 0.5) is 0 Å². The number of halogens is 2. The van der Waals surface area contributed by atoms with Crippen LogP contribution in [0.5, 0.6) is 0 Å². The molecule has 0 atom stereocenters. The summed E-state index contributed by atoms with van der Waals surface area (Å²) in [5.74, 6) is 0.965. The third kappa shape index (κ3) is 2.97. The first-order chi connectivity index (χ1) is 11.7.